The van der Waals surface area contributed by atoms with Gasteiger partial charge in [-0.25, -0.2) is 18.2 Å². The first-order valence-corrected chi connectivity index (χ1v) is 8.73. The number of hydrogen-bond acceptors (Lipinski definition) is 5. The summed E-state index contributed by atoms with van der Waals surface area (Å²) in [6, 6.07) is 5.05. The molecule has 0 aliphatic rings. The molecule has 24 heavy (non-hydrogen) atoms. The summed E-state index contributed by atoms with van der Waals surface area (Å²) >= 11 is 5.76. The molecule has 0 unspecified atom stereocenters. The van der Waals surface area contributed by atoms with E-state index in [1.165, 1.54) is 19.2 Å². The number of carboxylic acids is 1. The highest BCUT2D eigenvalue weighted by Gasteiger charge is 2.20. The molecule has 2 rings (SSSR count). The van der Waals surface area contributed by atoms with Crippen LogP contribution in [0.5, 0.6) is 5.88 Å². The van der Waals surface area contributed by atoms with Crippen LogP contribution < -0.4 is 9.46 Å². The van der Waals surface area contributed by atoms with Gasteiger partial charge in [-0.15, -0.1) is 0 Å². The highest BCUT2D eigenvalue weighted by molar-refractivity contribution is 7.92. The number of aryl methyl sites for hydroxylation is 1. The Hall–Kier alpha value is -2.32. The number of hydrogen-bond donors (Lipinski definition) is 2. The number of ether oxygens (including phenoxy) is 1. The van der Waals surface area contributed by atoms with Crippen LogP contribution in [-0.4, -0.2) is 31.6 Å². The maximum Gasteiger partial charge on any atom is 0.337 e. The molecule has 2 aromatic rings. The molecule has 1 aromatic carbocycles. The van der Waals surface area contributed by atoms with E-state index in [0.717, 1.165) is 11.6 Å². The molecule has 0 atom stereocenters. The smallest absolute Gasteiger partial charge is 0.337 e. The molecule has 9 heteroatoms. The van der Waals surface area contributed by atoms with Gasteiger partial charge in [-0.3, -0.25) is 4.72 Å². The van der Waals surface area contributed by atoms with Gasteiger partial charge in [0, 0.05) is 6.20 Å². The van der Waals surface area contributed by atoms with E-state index in [9.17, 15) is 13.2 Å². The lowest BCUT2D eigenvalue weighted by Gasteiger charge is -2.12. The Morgan fingerprint density at radius 1 is 1.38 bits per heavy atom. The van der Waals surface area contributed by atoms with Gasteiger partial charge >= 0.3 is 5.97 Å². The molecule has 0 bridgehead atoms. The number of nitrogens with one attached hydrogen (secondary N) is 1. The van der Waals surface area contributed by atoms with E-state index in [1.807, 2.05) is 6.92 Å². The van der Waals surface area contributed by atoms with Crippen LogP contribution in [0.2, 0.25) is 5.02 Å². The second kappa shape index (κ2) is 7.06. The number of carboxylic acid groups (broad SMARTS) is 1. The summed E-state index contributed by atoms with van der Waals surface area (Å²) in [5.74, 6) is -1.20. The highest BCUT2D eigenvalue weighted by Crippen LogP contribution is 2.27. The fourth-order valence-corrected chi connectivity index (χ4v) is 3.24. The van der Waals surface area contributed by atoms with Crippen molar-refractivity contribution in [1.82, 2.24) is 4.98 Å². The molecule has 0 amide bonds. The average molecular weight is 371 g/mol. The van der Waals surface area contributed by atoms with Crippen LogP contribution in [0.15, 0.2) is 35.4 Å². The van der Waals surface area contributed by atoms with Crippen LogP contribution in [0.25, 0.3) is 0 Å². The quantitative estimate of drug-likeness (QED) is 0.809. The zero-order chi connectivity index (χ0) is 17.9. The number of rotatable bonds is 6. The summed E-state index contributed by atoms with van der Waals surface area (Å²) in [5.41, 5.74) is 0.687. The van der Waals surface area contributed by atoms with Gasteiger partial charge in [0.1, 0.15) is 5.69 Å². The van der Waals surface area contributed by atoms with Crippen molar-refractivity contribution in [2.45, 2.75) is 18.2 Å². The van der Waals surface area contributed by atoms with Crippen molar-refractivity contribution in [3.05, 3.63) is 46.6 Å². The van der Waals surface area contributed by atoms with Crippen molar-refractivity contribution in [3.63, 3.8) is 0 Å². The predicted octanol–water partition coefficient (Wildman–Crippen LogP) is 2.81. The lowest BCUT2D eigenvalue weighted by molar-refractivity contribution is 0.0697. The summed E-state index contributed by atoms with van der Waals surface area (Å²) in [6.07, 6.45) is 2.25. The Morgan fingerprint density at radius 3 is 2.67 bits per heavy atom. The maximum atomic E-state index is 12.5. The fraction of sp³-hybridized carbons (Fsp3) is 0.200. The number of aromatic nitrogens is 1. The summed E-state index contributed by atoms with van der Waals surface area (Å²) in [6.45, 7) is 1.90. The number of sulfonamides is 1. The molecule has 0 fully saturated rings. The molecule has 1 heterocycles. The highest BCUT2D eigenvalue weighted by atomic mass is 35.5. The molecule has 0 spiro atoms. The summed E-state index contributed by atoms with van der Waals surface area (Å²) in [4.78, 5) is 14.9. The third kappa shape index (κ3) is 3.77. The minimum Gasteiger partial charge on any atom is -0.480 e. The number of nitrogens with zero attached hydrogens (tertiary/aromatic N) is 1. The van der Waals surface area contributed by atoms with Crippen molar-refractivity contribution in [3.8, 4) is 5.88 Å². The minimum absolute atomic E-state index is 0.0475. The van der Waals surface area contributed by atoms with E-state index in [-0.39, 0.29) is 27.0 Å². The van der Waals surface area contributed by atoms with Gasteiger partial charge in [0.15, 0.2) is 0 Å². The maximum absolute atomic E-state index is 12.5. The van der Waals surface area contributed by atoms with Crippen LogP contribution in [0.4, 0.5) is 5.69 Å². The van der Waals surface area contributed by atoms with E-state index in [2.05, 4.69) is 9.71 Å². The second-order valence-electron chi connectivity index (χ2n) is 4.81. The number of pyridine rings is 1. The van der Waals surface area contributed by atoms with Gasteiger partial charge in [0.2, 0.25) is 5.88 Å². The standard InChI is InChI=1S/C15H15ClN2O5S/c1-3-9-6-13(14(23-2)17-8-9)18-24(21,22)10-4-5-12(16)11(7-10)15(19)20/h4-8,18H,3H2,1-2H3,(H,19,20). The van der Waals surface area contributed by atoms with Gasteiger partial charge in [0.25, 0.3) is 10.0 Å². The van der Waals surface area contributed by atoms with E-state index in [1.54, 1.807) is 12.3 Å². The van der Waals surface area contributed by atoms with Crippen molar-refractivity contribution < 1.29 is 23.1 Å². The number of methoxy groups -OCH3 is 1. The minimum atomic E-state index is -4.04. The molecule has 0 saturated carbocycles. The zero-order valence-electron chi connectivity index (χ0n) is 12.9. The molecule has 1 aromatic heterocycles. The molecule has 2 N–H and O–H groups in total. The van der Waals surface area contributed by atoms with E-state index < -0.39 is 16.0 Å². The third-order valence-corrected chi connectivity index (χ3v) is 4.92. The summed E-state index contributed by atoms with van der Waals surface area (Å²) < 4.78 is 32.5. The molecule has 128 valence electrons. The summed E-state index contributed by atoms with van der Waals surface area (Å²) in [7, 11) is -2.66. The Kier molecular flexibility index (Phi) is 5.30. The Bertz CT molecular complexity index is 883. The van der Waals surface area contributed by atoms with Gasteiger partial charge in [0.05, 0.1) is 22.6 Å². The lowest BCUT2D eigenvalue weighted by Crippen LogP contribution is -2.15. The SMILES string of the molecule is CCc1cnc(OC)c(NS(=O)(=O)c2ccc(Cl)c(C(=O)O)c2)c1. The van der Waals surface area contributed by atoms with Crippen molar-refractivity contribution in [2.24, 2.45) is 0 Å². The Balaban J connectivity index is 2.46. The van der Waals surface area contributed by atoms with Crippen molar-refractivity contribution in [2.75, 3.05) is 11.8 Å². The topological polar surface area (TPSA) is 106 Å². The van der Waals surface area contributed by atoms with Crippen LogP contribution in [0.3, 0.4) is 0 Å². The van der Waals surface area contributed by atoms with Gasteiger partial charge in [-0.2, -0.15) is 0 Å². The first kappa shape index (κ1) is 18.0. The monoisotopic (exact) mass is 370 g/mol. The van der Waals surface area contributed by atoms with E-state index in [4.69, 9.17) is 21.4 Å². The van der Waals surface area contributed by atoms with Crippen LogP contribution in [-0.2, 0) is 16.4 Å². The number of halogens is 1. The Morgan fingerprint density at radius 2 is 2.08 bits per heavy atom. The van der Waals surface area contributed by atoms with Crippen molar-refractivity contribution in [1.29, 1.82) is 0 Å². The largest absolute Gasteiger partial charge is 0.480 e. The van der Waals surface area contributed by atoms with Crippen LogP contribution in [0, 0.1) is 0 Å². The molecular formula is C15H15ClN2O5S. The molecule has 7 nitrogen and oxygen atoms in total. The fourth-order valence-electron chi connectivity index (χ4n) is 1.96. The number of benzene rings is 1. The third-order valence-electron chi connectivity index (χ3n) is 3.23. The Labute approximate surface area is 144 Å². The number of carbonyl (C=O) groups is 1. The van der Waals surface area contributed by atoms with E-state index >= 15 is 0 Å². The van der Waals surface area contributed by atoms with Crippen LogP contribution in [0.1, 0.15) is 22.8 Å². The average Bonchev–Trinajstić information content (AvgIpc) is 2.54. The summed E-state index contributed by atoms with van der Waals surface area (Å²) in [5, 5.41) is 9.02. The predicted molar refractivity (Wildman–Crippen MR) is 89.4 cm³/mol. The molecule has 0 saturated heterocycles. The molecule has 0 aliphatic carbocycles. The van der Waals surface area contributed by atoms with Gasteiger partial charge in [-0.1, -0.05) is 18.5 Å². The zero-order valence-corrected chi connectivity index (χ0v) is 14.5. The number of anilines is 1. The normalized spacial score (nSPS) is 11.1. The van der Waals surface area contributed by atoms with Gasteiger partial charge in [-0.05, 0) is 36.2 Å². The molecule has 0 radical (unpaired) electrons. The van der Waals surface area contributed by atoms with Crippen molar-refractivity contribution >= 4 is 33.3 Å². The van der Waals surface area contributed by atoms with Crippen LogP contribution >= 0.6 is 11.6 Å². The molecular weight excluding hydrogens is 356 g/mol. The van der Waals surface area contributed by atoms with E-state index in [0.29, 0.717) is 6.42 Å². The van der Waals surface area contributed by atoms with Gasteiger partial charge < -0.3 is 9.84 Å². The number of aromatic carboxylic acids is 1. The second-order valence-corrected chi connectivity index (χ2v) is 6.90. The first-order valence-electron chi connectivity index (χ1n) is 6.87. The molecule has 0 aliphatic heterocycles. The first-order chi connectivity index (χ1) is 11.3. The lowest BCUT2D eigenvalue weighted by atomic mass is 10.2.